The molecule has 4 nitrogen and oxygen atoms in total. The number of fused-ring (bicyclic) bond motifs is 1. The zero-order valence-electron chi connectivity index (χ0n) is 10.4. The van der Waals surface area contributed by atoms with Crippen LogP contribution in [-0.4, -0.2) is 21.0 Å². The summed E-state index contributed by atoms with van der Waals surface area (Å²) in [6.07, 6.45) is 1.65. The normalized spacial score (nSPS) is 14.3. The predicted octanol–water partition coefficient (Wildman–Crippen LogP) is 2.30. The molecule has 1 aliphatic heterocycles. The summed E-state index contributed by atoms with van der Waals surface area (Å²) < 4.78 is 0. The highest BCUT2D eigenvalue weighted by Crippen LogP contribution is 2.23. The number of carboxylic acids is 1. The van der Waals surface area contributed by atoms with Gasteiger partial charge < -0.3 is 5.11 Å². The first-order valence-corrected chi connectivity index (χ1v) is 6.20. The molecule has 1 aliphatic rings. The molecule has 19 heavy (non-hydrogen) atoms. The second-order valence-electron chi connectivity index (χ2n) is 4.77. The maximum Gasteiger partial charge on any atom is 0.354 e. The predicted molar refractivity (Wildman–Crippen MR) is 70.6 cm³/mol. The van der Waals surface area contributed by atoms with E-state index in [-0.39, 0.29) is 5.69 Å². The van der Waals surface area contributed by atoms with Crippen LogP contribution in [0.2, 0.25) is 0 Å². The number of aromatic nitrogens is 1. The maximum absolute atomic E-state index is 10.7. The molecule has 3 rings (SSSR count). The van der Waals surface area contributed by atoms with Crippen molar-refractivity contribution in [2.45, 2.75) is 19.6 Å². The van der Waals surface area contributed by atoms with E-state index in [0.717, 1.165) is 25.2 Å². The van der Waals surface area contributed by atoms with Crippen molar-refractivity contribution in [3.05, 3.63) is 65.0 Å². The van der Waals surface area contributed by atoms with Crippen molar-refractivity contribution in [2.24, 2.45) is 0 Å². The Kier molecular flexibility index (Phi) is 3.01. The highest BCUT2D eigenvalue weighted by Gasteiger charge is 2.18. The Balaban J connectivity index is 1.69. The zero-order chi connectivity index (χ0) is 13.2. The van der Waals surface area contributed by atoms with Crippen molar-refractivity contribution >= 4 is 5.97 Å². The number of pyridine rings is 1. The van der Waals surface area contributed by atoms with Crippen LogP contribution in [-0.2, 0) is 19.6 Å². The van der Waals surface area contributed by atoms with Crippen molar-refractivity contribution in [1.29, 1.82) is 0 Å². The standard InChI is InChI=1S/C15H14N2O2/c18-15(19)14-6-5-11(7-16-14)8-17-9-12-3-1-2-4-13(12)10-17/h1-7H,8-10H2,(H,18,19). The molecule has 0 saturated carbocycles. The van der Waals surface area contributed by atoms with Gasteiger partial charge in [-0.1, -0.05) is 30.3 Å². The van der Waals surface area contributed by atoms with Crippen LogP contribution in [0, 0.1) is 0 Å². The molecule has 2 aromatic rings. The van der Waals surface area contributed by atoms with Gasteiger partial charge in [0.2, 0.25) is 0 Å². The van der Waals surface area contributed by atoms with E-state index in [0.29, 0.717) is 0 Å². The highest BCUT2D eigenvalue weighted by molar-refractivity contribution is 5.85. The number of carbonyl (C=O) groups is 1. The summed E-state index contributed by atoms with van der Waals surface area (Å²) in [7, 11) is 0. The minimum atomic E-state index is -0.986. The van der Waals surface area contributed by atoms with E-state index in [1.54, 1.807) is 12.3 Å². The number of rotatable bonds is 3. The number of benzene rings is 1. The second-order valence-corrected chi connectivity index (χ2v) is 4.77. The van der Waals surface area contributed by atoms with E-state index in [4.69, 9.17) is 5.11 Å². The molecule has 0 bridgehead atoms. The lowest BCUT2D eigenvalue weighted by atomic mass is 10.1. The van der Waals surface area contributed by atoms with Gasteiger partial charge in [0.15, 0.2) is 0 Å². The van der Waals surface area contributed by atoms with Gasteiger partial charge in [0.25, 0.3) is 0 Å². The van der Waals surface area contributed by atoms with E-state index in [2.05, 4.69) is 34.1 Å². The van der Waals surface area contributed by atoms with Gasteiger partial charge in [-0.3, -0.25) is 4.90 Å². The Labute approximate surface area is 111 Å². The number of hydrogen-bond acceptors (Lipinski definition) is 3. The average molecular weight is 254 g/mol. The lowest BCUT2D eigenvalue weighted by molar-refractivity contribution is 0.0690. The summed E-state index contributed by atoms with van der Waals surface area (Å²) in [6, 6.07) is 11.8. The molecule has 0 atom stereocenters. The minimum Gasteiger partial charge on any atom is -0.477 e. The summed E-state index contributed by atoms with van der Waals surface area (Å²) in [5.74, 6) is -0.986. The fraction of sp³-hybridized carbons (Fsp3) is 0.200. The Morgan fingerprint density at radius 1 is 1.16 bits per heavy atom. The van der Waals surface area contributed by atoms with Crippen LogP contribution < -0.4 is 0 Å². The van der Waals surface area contributed by atoms with Crippen molar-refractivity contribution in [3.8, 4) is 0 Å². The molecule has 1 aromatic heterocycles. The Morgan fingerprint density at radius 2 is 1.84 bits per heavy atom. The Morgan fingerprint density at radius 3 is 2.37 bits per heavy atom. The molecular formula is C15H14N2O2. The molecule has 0 fully saturated rings. The topological polar surface area (TPSA) is 53.4 Å². The van der Waals surface area contributed by atoms with Gasteiger partial charge in [-0.05, 0) is 22.8 Å². The molecule has 2 heterocycles. The van der Waals surface area contributed by atoms with Crippen LogP contribution in [0.3, 0.4) is 0 Å². The van der Waals surface area contributed by atoms with E-state index < -0.39 is 5.97 Å². The third kappa shape index (κ3) is 2.48. The van der Waals surface area contributed by atoms with E-state index in [9.17, 15) is 4.79 Å². The quantitative estimate of drug-likeness (QED) is 0.913. The van der Waals surface area contributed by atoms with Crippen molar-refractivity contribution in [1.82, 2.24) is 9.88 Å². The SMILES string of the molecule is O=C(O)c1ccc(CN2Cc3ccccc3C2)cn1. The fourth-order valence-corrected chi connectivity index (χ4v) is 2.42. The van der Waals surface area contributed by atoms with Crippen molar-refractivity contribution < 1.29 is 9.90 Å². The highest BCUT2D eigenvalue weighted by atomic mass is 16.4. The van der Waals surface area contributed by atoms with Crippen molar-refractivity contribution in [3.63, 3.8) is 0 Å². The summed E-state index contributed by atoms with van der Waals surface area (Å²) in [5, 5.41) is 8.81. The fourth-order valence-electron chi connectivity index (χ4n) is 2.42. The molecule has 4 heteroatoms. The van der Waals surface area contributed by atoms with Crippen LogP contribution in [0.5, 0.6) is 0 Å². The van der Waals surface area contributed by atoms with Crippen LogP contribution >= 0.6 is 0 Å². The molecule has 0 aliphatic carbocycles. The van der Waals surface area contributed by atoms with Crippen LogP contribution in [0.15, 0.2) is 42.6 Å². The van der Waals surface area contributed by atoms with E-state index >= 15 is 0 Å². The molecule has 0 unspecified atom stereocenters. The largest absolute Gasteiger partial charge is 0.477 e. The first-order chi connectivity index (χ1) is 9.22. The third-order valence-electron chi connectivity index (χ3n) is 3.36. The molecule has 96 valence electrons. The second kappa shape index (κ2) is 4.82. The maximum atomic E-state index is 10.7. The summed E-state index contributed by atoms with van der Waals surface area (Å²) >= 11 is 0. The first-order valence-electron chi connectivity index (χ1n) is 6.20. The van der Waals surface area contributed by atoms with Gasteiger partial charge in [-0.2, -0.15) is 0 Å². The lowest BCUT2D eigenvalue weighted by Gasteiger charge is -2.14. The number of nitrogens with zero attached hydrogens (tertiary/aromatic N) is 2. The molecular weight excluding hydrogens is 240 g/mol. The number of carboxylic acid groups (broad SMARTS) is 1. The summed E-state index contributed by atoms with van der Waals surface area (Å²) in [4.78, 5) is 17.0. The number of aromatic carboxylic acids is 1. The van der Waals surface area contributed by atoms with Gasteiger partial charge in [-0.25, -0.2) is 9.78 Å². The van der Waals surface area contributed by atoms with Gasteiger partial charge in [0, 0.05) is 25.8 Å². The monoisotopic (exact) mass is 254 g/mol. The zero-order valence-corrected chi connectivity index (χ0v) is 10.4. The first kappa shape index (κ1) is 11.9. The van der Waals surface area contributed by atoms with Crippen molar-refractivity contribution in [2.75, 3.05) is 0 Å². The molecule has 0 saturated heterocycles. The van der Waals surface area contributed by atoms with E-state index in [1.165, 1.54) is 11.1 Å². The summed E-state index contributed by atoms with van der Waals surface area (Å²) in [5.41, 5.74) is 3.88. The molecule has 1 N–H and O–H groups in total. The minimum absolute atomic E-state index is 0.0912. The van der Waals surface area contributed by atoms with Gasteiger partial charge in [0.1, 0.15) is 5.69 Å². The van der Waals surface area contributed by atoms with E-state index in [1.807, 2.05) is 6.07 Å². The van der Waals surface area contributed by atoms with Crippen LogP contribution in [0.1, 0.15) is 27.2 Å². The molecule has 1 aromatic carbocycles. The smallest absolute Gasteiger partial charge is 0.354 e. The Bertz CT molecular complexity index is 583. The third-order valence-corrected chi connectivity index (χ3v) is 3.36. The van der Waals surface area contributed by atoms with Gasteiger partial charge in [-0.15, -0.1) is 0 Å². The van der Waals surface area contributed by atoms with Gasteiger partial charge in [0.05, 0.1) is 0 Å². The number of hydrogen-bond donors (Lipinski definition) is 1. The van der Waals surface area contributed by atoms with Crippen LogP contribution in [0.25, 0.3) is 0 Å². The van der Waals surface area contributed by atoms with Crippen LogP contribution in [0.4, 0.5) is 0 Å². The van der Waals surface area contributed by atoms with Gasteiger partial charge >= 0.3 is 5.97 Å². The average Bonchev–Trinajstić information content (AvgIpc) is 2.81. The Hall–Kier alpha value is -2.20. The summed E-state index contributed by atoms with van der Waals surface area (Å²) in [6.45, 7) is 2.68. The molecule has 0 radical (unpaired) electrons. The molecule has 0 spiro atoms. The molecule has 0 amide bonds. The lowest BCUT2D eigenvalue weighted by Crippen LogP contribution is -2.16.